The van der Waals surface area contributed by atoms with Crippen molar-refractivity contribution in [2.24, 2.45) is 5.92 Å². The van der Waals surface area contributed by atoms with Crippen LogP contribution in [0.25, 0.3) is 0 Å². The van der Waals surface area contributed by atoms with Crippen LogP contribution in [0.1, 0.15) is 31.2 Å². The standard InChI is InChI=1S/C16H21FN2/c1-19(16-7-5-14(12-18)6-8-16)10-9-13-3-2-4-15(17)11-13/h2-4,11,14,16H,5-10H2,1H3. The molecule has 1 aromatic carbocycles. The quantitative estimate of drug-likeness (QED) is 0.829. The Kier molecular flexibility index (Phi) is 4.93. The minimum atomic E-state index is -0.158. The van der Waals surface area contributed by atoms with Crippen LogP contribution in [0.3, 0.4) is 0 Å². The van der Waals surface area contributed by atoms with Crippen LogP contribution in [0, 0.1) is 23.1 Å². The number of benzene rings is 1. The predicted molar refractivity (Wildman–Crippen MR) is 74.1 cm³/mol. The lowest BCUT2D eigenvalue weighted by molar-refractivity contribution is 0.180. The maximum atomic E-state index is 13.1. The second-order valence-corrected chi connectivity index (χ2v) is 5.50. The molecule has 0 amide bonds. The molecule has 2 nitrogen and oxygen atoms in total. The van der Waals surface area contributed by atoms with E-state index in [4.69, 9.17) is 5.26 Å². The molecule has 0 saturated heterocycles. The minimum Gasteiger partial charge on any atom is -0.303 e. The van der Waals surface area contributed by atoms with Gasteiger partial charge in [-0.25, -0.2) is 4.39 Å². The number of halogens is 1. The molecule has 0 heterocycles. The highest BCUT2D eigenvalue weighted by Crippen LogP contribution is 2.26. The van der Waals surface area contributed by atoms with Crippen LogP contribution >= 0.6 is 0 Å². The van der Waals surface area contributed by atoms with Gasteiger partial charge in [0.2, 0.25) is 0 Å². The largest absolute Gasteiger partial charge is 0.303 e. The van der Waals surface area contributed by atoms with Crippen molar-refractivity contribution in [3.63, 3.8) is 0 Å². The molecule has 2 rings (SSSR count). The summed E-state index contributed by atoms with van der Waals surface area (Å²) in [4.78, 5) is 2.36. The van der Waals surface area contributed by atoms with Crippen molar-refractivity contribution in [1.82, 2.24) is 4.90 Å². The van der Waals surface area contributed by atoms with Crippen molar-refractivity contribution in [2.75, 3.05) is 13.6 Å². The first-order valence-electron chi connectivity index (χ1n) is 7.03. The van der Waals surface area contributed by atoms with E-state index < -0.39 is 0 Å². The average Bonchev–Trinajstić information content (AvgIpc) is 2.45. The molecule has 1 aliphatic carbocycles. The molecular formula is C16H21FN2. The number of nitriles is 1. The SMILES string of the molecule is CN(CCc1cccc(F)c1)C1CCC(C#N)CC1. The highest BCUT2D eigenvalue weighted by molar-refractivity contribution is 5.16. The Labute approximate surface area is 114 Å². The molecule has 0 N–H and O–H groups in total. The lowest BCUT2D eigenvalue weighted by Gasteiger charge is -2.32. The zero-order valence-corrected chi connectivity index (χ0v) is 11.5. The van der Waals surface area contributed by atoms with E-state index in [0.29, 0.717) is 6.04 Å². The van der Waals surface area contributed by atoms with E-state index in [1.54, 1.807) is 12.1 Å². The normalized spacial score (nSPS) is 23.3. The van der Waals surface area contributed by atoms with Crippen molar-refractivity contribution >= 4 is 0 Å². The molecule has 19 heavy (non-hydrogen) atoms. The van der Waals surface area contributed by atoms with Crippen molar-refractivity contribution < 1.29 is 4.39 Å². The van der Waals surface area contributed by atoms with Crippen LogP contribution in [0.4, 0.5) is 4.39 Å². The zero-order chi connectivity index (χ0) is 13.7. The molecule has 0 spiro atoms. The van der Waals surface area contributed by atoms with Crippen LogP contribution in [-0.2, 0) is 6.42 Å². The third-order valence-corrected chi connectivity index (χ3v) is 4.14. The maximum absolute atomic E-state index is 13.1. The molecule has 0 atom stereocenters. The highest BCUT2D eigenvalue weighted by Gasteiger charge is 2.23. The van der Waals surface area contributed by atoms with E-state index in [1.165, 1.54) is 6.07 Å². The second-order valence-electron chi connectivity index (χ2n) is 5.50. The van der Waals surface area contributed by atoms with Crippen LogP contribution in [0.2, 0.25) is 0 Å². The lowest BCUT2D eigenvalue weighted by atomic mass is 9.86. The molecule has 0 unspecified atom stereocenters. The van der Waals surface area contributed by atoms with Gasteiger partial charge in [-0.2, -0.15) is 5.26 Å². The Hall–Kier alpha value is -1.40. The Morgan fingerprint density at radius 2 is 2.05 bits per heavy atom. The fourth-order valence-corrected chi connectivity index (χ4v) is 2.83. The van der Waals surface area contributed by atoms with Gasteiger partial charge in [-0.1, -0.05) is 12.1 Å². The van der Waals surface area contributed by atoms with Gasteiger partial charge in [-0.15, -0.1) is 0 Å². The fraction of sp³-hybridized carbons (Fsp3) is 0.562. The van der Waals surface area contributed by atoms with Gasteiger partial charge >= 0.3 is 0 Å². The van der Waals surface area contributed by atoms with Crippen molar-refractivity contribution in [1.29, 1.82) is 5.26 Å². The average molecular weight is 260 g/mol. The first-order valence-corrected chi connectivity index (χ1v) is 7.03. The third kappa shape index (κ3) is 4.04. The molecule has 1 aliphatic rings. The Morgan fingerprint density at radius 3 is 2.68 bits per heavy atom. The van der Waals surface area contributed by atoms with Gasteiger partial charge in [0.05, 0.1) is 6.07 Å². The van der Waals surface area contributed by atoms with Gasteiger partial charge in [0, 0.05) is 18.5 Å². The van der Waals surface area contributed by atoms with Gasteiger partial charge in [0.15, 0.2) is 0 Å². The summed E-state index contributed by atoms with van der Waals surface area (Å²) >= 11 is 0. The maximum Gasteiger partial charge on any atom is 0.123 e. The molecule has 102 valence electrons. The number of likely N-dealkylation sites (N-methyl/N-ethyl adjacent to an activating group) is 1. The van der Waals surface area contributed by atoms with E-state index >= 15 is 0 Å². The Balaban J connectivity index is 1.79. The summed E-state index contributed by atoms with van der Waals surface area (Å²) in [7, 11) is 2.14. The summed E-state index contributed by atoms with van der Waals surface area (Å²) < 4.78 is 13.1. The number of nitrogens with zero attached hydrogens (tertiary/aromatic N) is 2. The number of rotatable bonds is 4. The van der Waals surface area contributed by atoms with Gasteiger partial charge in [0.1, 0.15) is 5.82 Å². The Bertz CT molecular complexity index is 444. The fourth-order valence-electron chi connectivity index (χ4n) is 2.83. The molecule has 1 aromatic rings. The molecular weight excluding hydrogens is 239 g/mol. The van der Waals surface area contributed by atoms with Gasteiger partial charge < -0.3 is 4.90 Å². The molecule has 0 radical (unpaired) electrons. The molecule has 1 saturated carbocycles. The topological polar surface area (TPSA) is 27.0 Å². The lowest BCUT2D eigenvalue weighted by Crippen LogP contribution is -2.36. The van der Waals surface area contributed by atoms with Gasteiger partial charge in [-0.3, -0.25) is 0 Å². The first kappa shape index (κ1) is 14.0. The van der Waals surface area contributed by atoms with Gasteiger partial charge in [-0.05, 0) is 56.8 Å². The zero-order valence-electron chi connectivity index (χ0n) is 11.5. The monoisotopic (exact) mass is 260 g/mol. The minimum absolute atomic E-state index is 0.158. The number of hydrogen-bond acceptors (Lipinski definition) is 2. The summed E-state index contributed by atoms with van der Waals surface area (Å²) in [5.41, 5.74) is 1.05. The van der Waals surface area contributed by atoms with E-state index in [9.17, 15) is 4.39 Å². The van der Waals surface area contributed by atoms with Crippen LogP contribution in [0.15, 0.2) is 24.3 Å². The summed E-state index contributed by atoms with van der Waals surface area (Å²) in [5, 5.41) is 8.89. The molecule has 0 aromatic heterocycles. The van der Waals surface area contributed by atoms with Crippen molar-refractivity contribution in [3.8, 4) is 6.07 Å². The Morgan fingerprint density at radius 1 is 1.32 bits per heavy atom. The summed E-state index contributed by atoms with van der Waals surface area (Å²) in [5.74, 6) is 0.0996. The number of hydrogen-bond donors (Lipinski definition) is 0. The van der Waals surface area contributed by atoms with E-state index in [0.717, 1.165) is 44.2 Å². The van der Waals surface area contributed by atoms with E-state index in [2.05, 4.69) is 18.0 Å². The third-order valence-electron chi connectivity index (χ3n) is 4.14. The highest BCUT2D eigenvalue weighted by atomic mass is 19.1. The molecule has 3 heteroatoms. The van der Waals surface area contributed by atoms with Crippen LogP contribution in [0.5, 0.6) is 0 Å². The first-order chi connectivity index (χ1) is 9.19. The molecule has 0 aliphatic heterocycles. The van der Waals surface area contributed by atoms with Crippen molar-refractivity contribution in [2.45, 2.75) is 38.1 Å². The molecule has 1 fully saturated rings. The molecule has 0 bridgehead atoms. The van der Waals surface area contributed by atoms with Crippen LogP contribution in [-0.4, -0.2) is 24.5 Å². The second kappa shape index (κ2) is 6.68. The summed E-state index contributed by atoms with van der Waals surface area (Å²) in [6, 6.07) is 9.79. The summed E-state index contributed by atoms with van der Waals surface area (Å²) in [6.45, 7) is 0.950. The smallest absolute Gasteiger partial charge is 0.123 e. The van der Waals surface area contributed by atoms with E-state index in [1.807, 2.05) is 6.07 Å². The predicted octanol–water partition coefficient (Wildman–Crippen LogP) is 3.38. The van der Waals surface area contributed by atoms with Gasteiger partial charge in [0.25, 0.3) is 0 Å². The van der Waals surface area contributed by atoms with Crippen LogP contribution < -0.4 is 0 Å². The van der Waals surface area contributed by atoms with E-state index in [-0.39, 0.29) is 11.7 Å². The summed E-state index contributed by atoms with van der Waals surface area (Å²) in [6.07, 6.45) is 5.14. The van der Waals surface area contributed by atoms with Crippen molar-refractivity contribution in [3.05, 3.63) is 35.6 Å².